The van der Waals surface area contributed by atoms with Crippen molar-refractivity contribution in [2.75, 3.05) is 6.61 Å². The van der Waals surface area contributed by atoms with Gasteiger partial charge in [-0.2, -0.15) is 0 Å². The first kappa shape index (κ1) is 19.0. The van der Waals surface area contributed by atoms with Crippen LogP contribution in [-0.4, -0.2) is 39.8 Å². The first-order chi connectivity index (χ1) is 12.6. The van der Waals surface area contributed by atoms with Gasteiger partial charge in [0.2, 0.25) is 0 Å². The number of carbonyl (C=O) groups is 3. The van der Waals surface area contributed by atoms with Crippen molar-refractivity contribution in [2.24, 2.45) is 34.5 Å². The average molecular weight is 374 g/mol. The summed E-state index contributed by atoms with van der Waals surface area (Å²) in [7, 11) is 0. The van der Waals surface area contributed by atoms with Crippen LogP contribution in [0.25, 0.3) is 0 Å². The maximum absolute atomic E-state index is 13.4. The average Bonchev–Trinajstić information content (AvgIpc) is 2.82. The Labute approximate surface area is 160 Å². The van der Waals surface area contributed by atoms with E-state index >= 15 is 0 Å². The van der Waals surface area contributed by atoms with Gasteiger partial charge in [0.15, 0.2) is 11.6 Å². The summed E-state index contributed by atoms with van der Waals surface area (Å²) in [5, 5.41) is 20.9. The van der Waals surface area contributed by atoms with E-state index < -0.39 is 23.4 Å². The van der Waals surface area contributed by atoms with Gasteiger partial charge >= 0.3 is 0 Å². The summed E-state index contributed by atoms with van der Waals surface area (Å²) in [5.41, 5.74) is -1.64. The Morgan fingerprint density at radius 1 is 1.26 bits per heavy atom. The number of hydrogen-bond donors (Lipinski definition) is 2. The van der Waals surface area contributed by atoms with E-state index in [9.17, 15) is 24.6 Å². The Hall–Kier alpha value is -1.33. The van der Waals surface area contributed by atoms with E-state index in [0.717, 1.165) is 18.4 Å². The van der Waals surface area contributed by atoms with Gasteiger partial charge in [0.05, 0.1) is 0 Å². The summed E-state index contributed by atoms with van der Waals surface area (Å²) in [6, 6.07) is 0. The van der Waals surface area contributed by atoms with Crippen molar-refractivity contribution in [3.05, 3.63) is 11.6 Å². The number of Topliss-reactive ketones (excluding diaryl/α,β-unsaturated/α-hetero) is 2. The van der Waals surface area contributed by atoms with Crippen LogP contribution in [0.2, 0.25) is 0 Å². The van der Waals surface area contributed by atoms with Crippen LogP contribution < -0.4 is 0 Å². The van der Waals surface area contributed by atoms with E-state index in [-0.39, 0.29) is 47.1 Å². The molecule has 148 valence electrons. The molecule has 3 fully saturated rings. The highest BCUT2D eigenvalue weighted by molar-refractivity contribution is 5.94. The predicted octanol–water partition coefficient (Wildman–Crippen LogP) is 2.24. The highest BCUT2D eigenvalue weighted by Crippen LogP contribution is 2.67. The molecule has 7 atom stereocenters. The summed E-state index contributed by atoms with van der Waals surface area (Å²) in [5.74, 6) is -0.511. The van der Waals surface area contributed by atoms with Crippen LogP contribution in [0, 0.1) is 34.5 Å². The molecule has 0 bridgehead atoms. The molecule has 0 aromatic carbocycles. The van der Waals surface area contributed by atoms with E-state index in [2.05, 4.69) is 6.92 Å². The summed E-state index contributed by atoms with van der Waals surface area (Å²) in [6.45, 7) is 5.18. The van der Waals surface area contributed by atoms with E-state index in [1.54, 1.807) is 6.08 Å². The molecule has 0 amide bonds. The van der Waals surface area contributed by atoms with Gasteiger partial charge in [-0.25, -0.2) is 0 Å². The van der Waals surface area contributed by atoms with Crippen molar-refractivity contribution in [3.63, 3.8) is 0 Å². The van der Waals surface area contributed by atoms with Gasteiger partial charge in [-0.3, -0.25) is 14.4 Å². The number of aliphatic hydroxyl groups excluding tert-OH is 1. The third kappa shape index (κ3) is 2.21. The molecule has 4 aliphatic carbocycles. The minimum absolute atomic E-state index is 0.0757. The number of carbonyl (C=O) groups excluding carboxylic acids is 3. The van der Waals surface area contributed by atoms with Crippen molar-refractivity contribution < 1.29 is 24.6 Å². The lowest BCUT2D eigenvalue weighted by Gasteiger charge is -2.57. The first-order valence-corrected chi connectivity index (χ1v) is 10.2. The Morgan fingerprint density at radius 2 is 1.96 bits per heavy atom. The number of aliphatic hydroxyl groups is 2. The fourth-order valence-corrected chi connectivity index (χ4v) is 7.43. The van der Waals surface area contributed by atoms with Crippen molar-refractivity contribution in [2.45, 2.75) is 64.9 Å². The maximum Gasteiger partial charge on any atom is 0.190 e. The lowest BCUT2D eigenvalue weighted by atomic mass is 9.46. The van der Waals surface area contributed by atoms with Crippen LogP contribution in [0.5, 0.6) is 0 Å². The Balaban J connectivity index is 1.78. The lowest BCUT2D eigenvalue weighted by Crippen LogP contribution is -2.62. The molecule has 0 heterocycles. The number of allylic oxidation sites excluding steroid dienone is 1. The zero-order valence-electron chi connectivity index (χ0n) is 16.5. The molecule has 5 heteroatoms. The van der Waals surface area contributed by atoms with Gasteiger partial charge in [-0.1, -0.05) is 26.3 Å². The minimum atomic E-state index is -1.65. The highest BCUT2D eigenvalue weighted by atomic mass is 16.3. The fraction of sp³-hybridized carbons (Fsp3) is 0.773. The number of fused-ring (bicyclic) bond motifs is 5. The van der Waals surface area contributed by atoms with Crippen LogP contribution in [0.15, 0.2) is 11.6 Å². The molecule has 4 aliphatic rings. The molecule has 0 aromatic rings. The van der Waals surface area contributed by atoms with Gasteiger partial charge in [-0.05, 0) is 54.9 Å². The SMILES string of the molecule is CC1C[C@H]2[C@@H]3CCC4=CC(=O)CC[C@]4(C)[C@H]3C(=O)C[C@]2(C)[C@@]1(O)C(=O)CO. The van der Waals surface area contributed by atoms with Gasteiger partial charge in [-0.15, -0.1) is 0 Å². The van der Waals surface area contributed by atoms with E-state index in [1.165, 1.54) is 0 Å². The zero-order chi connectivity index (χ0) is 19.8. The third-order valence-electron chi connectivity index (χ3n) is 8.80. The Morgan fingerprint density at radius 3 is 2.63 bits per heavy atom. The van der Waals surface area contributed by atoms with Crippen molar-refractivity contribution >= 4 is 17.3 Å². The van der Waals surface area contributed by atoms with Crippen LogP contribution >= 0.6 is 0 Å². The van der Waals surface area contributed by atoms with E-state index in [1.807, 2.05) is 13.8 Å². The van der Waals surface area contributed by atoms with E-state index in [4.69, 9.17) is 0 Å². The van der Waals surface area contributed by atoms with Crippen LogP contribution in [0.4, 0.5) is 0 Å². The topological polar surface area (TPSA) is 91.7 Å². The molecule has 0 aliphatic heterocycles. The predicted molar refractivity (Wildman–Crippen MR) is 98.7 cm³/mol. The Kier molecular flexibility index (Phi) is 4.11. The summed E-state index contributed by atoms with van der Waals surface area (Å²) in [6.07, 6.45) is 5.46. The van der Waals surface area contributed by atoms with Gasteiger partial charge in [0.25, 0.3) is 0 Å². The van der Waals surface area contributed by atoms with Crippen molar-refractivity contribution in [1.82, 2.24) is 0 Å². The number of ketones is 3. The Bertz CT molecular complexity index is 754. The second-order valence-electron chi connectivity index (χ2n) is 9.89. The summed E-state index contributed by atoms with van der Waals surface area (Å²) in [4.78, 5) is 37.9. The molecule has 0 saturated heterocycles. The highest BCUT2D eigenvalue weighted by Gasteiger charge is 2.70. The monoisotopic (exact) mass is 374 g/mol. The van der Waals surface area contributed by atoms with E-state index in [0.29, 0.717) is 19.3 Å². The molecule has 1 unspecified atom stereocenters. The summed E-state index contributed by atoms with van der Waals surface area (Å²) >= 11 is 0. The second kappa shape index (κ2) is 5.84. The standard InChI is InChI=1S/C22H30O5/c1-12-8-16-15-5-4-13-9-14(24)6-7-20(13,2)19(15)17(25)10-21(16,3)22(12,27)18(26)11-23/h9,12,15-16,19,23,27H,4-8,10-11H2,1-3H3/t12?,15-,16-,19+,20-,21-,22-/m0/s1. The molecular formula is C22H30O5. The quantitative estimate of drug-likeness (QED) is 0.773. The molecule has 0 aromatic heterocycles. The molecule has 3 saturated carbocycles. The lowest BCUT2D eigenvalue weighted by molar-refractivity contribution is -0.174. The third-order valence-corrected chi connectivity index (χ3v) is 8.80. The van der Waals surface area contributed by atoms with Crippen LogP contribution in [0.1, 0.15) is 59.3 Å². The molecule has 5 nitrogen and oxygen atoms in total. The molecule has 4 rings (SSSR count). The number of hydrogen-bond acceptors (Lipinski definition) is 5. The molecule has 0 radical (unpaired) electrons. The van der Waals surface area contributed by atoms with Crippen molar-refractivity contribution in [1.29, 1.82) is 0 Å². The fourth-order valence-electron chi connectivity index (χ4n) is 7.43. The van der Waals surface area contributed by atoms with Gasteiger partial charge < -0.3 is 10.2 Å². The van der Waals surface area contributed by atoms with Gasteiger partial charge in [0.1, 0.15) is 18.0 Å². The summed E-state index contributed by atoms with van der Waals surface area (Å²) < 4.78 is 0. The smallest absolute Gasteiger partial charge is 0.190 e. The second-order valence-corrected chi connectivity index (χ2v) is 9.89. The van der Waals surface area contributed by atoms with Crippen LogP contribution in [-0.2, 0) is 14.4 Å². The maximum atomic E-state index is 13.4. The normalized spacial score (nSPS) is 49.1. The molecule has 2 N–H and O–H groups in total. The first-order valence-electron chi connectivity index (χ1n) is 10.2. The molecule has 0 spiro atoms. The van der Waals surface area contributed by atoms with Gasteiger partial charge in [0, 0.05) is 24.2 Å². The molecule has 27 heavy (non-hydrogen) atoms. The van der Waals surface area contributed by atoms with Crippen molar-refractivity contribution in [3.8, 4) is 0 Å². The number of rotatable bonds is 2. The minimum Gasteiger partial charge on any atom is -0.388 e. The zero-order valence-corrected chi connectivity index (χ0v) is 16.5. The largest absolute Gasteiger partial charge is 0.388 e. The molecular weight excluding hydrogens is 344 g/mol. The van der Waals surface area contributed by atoms with Crippen LogP contribution in [0.3, 0.4) is 0 Å².